The summed E-state index contributed by atoms with van der Waals surface area (Å²) in [5.74, 6) is -0.827. The largest absolute Gasteiger partial charge is 0.465 e. The van der Waals surface area contributed by atoms with Gasteiger partial charge in [-0.3, -0.25) is 4.79 Å². The number of hydrogen-bond acceptors (Lipinski definition) is 8. The van der Waals surface area contributed by atoms with Crippen LogP contribution in [0.15, 0.2) is 145 Å². The number of unbranched alkanes of at least 4 members (excludes halogenated alkanes) is 1. The molecule has 0 saturated carbocycles. The quantitative estimate of drug-likeness (QED) is 0.0583. The molecule has 8 heteroatoms. The SMILES string of the molecule is C[C@H](COC1O[C@H](COCc2ccccc2)[C@@H](OCc2ccccc2)[C@H](OCc2ccccc2)[C@@H]1OCc1ccccc1)C(=O)OCCCCC1=CC=CC1. The fourth-order valence-corrected chi connectivity index (χ4v) is 6.63. The van der Waals surface area contributed by atoms with E-state index in [2.05, 4.69) is 18.2 Å². The van der Waals surface area contributed by atoms with Crippen LogP contribution < -0.4 is 0 Å². The number of rotatable bonds is 22. The van der Waals surface area contributed by atoms with Crippen LogP contribution in [0.5, 0.6) is 0 Å². The summed E-state index contributed by atoms with van der Waals surface area (Å²) >= 11 is 0. The molecule has 1 aliphatic carbocycles. The number of esters is 1. The minimum atomic E-state index is -0.894. The Morgan fingerprint density at radius 1 is 0.655 bits per heavy atom. The summed E-state index contributed by atoms with van der Waals surface area (Å²) in [6.45, 7) is 3.84. The lowest BCUT2D eigenvalue weighted by Gasteiger charge is -2.46. The first-order chi connectivity index (χ1) is 27.1. The molecule has 8 nitrogen and oxygen atoms in total. The van der Waals surface area contributed by atoms with Crippen LogP contribution >= 0.6 is 0 Å². The zero-order chi connectivity index (χ0) is 37.9. The first-order valence-corrected chi connectivity index (χ1v) is 19.5. The fraction of sp³-hybridized carbons (Fsp3) is 0.383. The molecule has 0 aromatic heterocycles. The van der Waals surface area contributed by atoms with Crippen molar-refractivity contribution in [3.8, 4) is 0 Å². The summed E-state index contributed by atoms with van der Waals surface area (Å²) < 4.78 is 45.4. The maximum atomic E-state index is 13.1. The van der Waals surface area contributed by atoms with E-state index in [1.807, 2.05) is 128 Å². The highest BCUT2D eigenvalue weighted by atomic mass is 16.7. The molecule has 6 rings (SSSR count). The molecule has 0 spiro atoms. The zero-order valence-electron chi connectivity index (χ0n) is 31.8. The molecule has 1 saturated heterocycles. The highest BCUT2D eigenvalue weighted by Crippen LogP contribution is 2.32. The van der Waals surface area contributed by atoms with Crippen molar-refractivity contribution < 1.29 is 38.0 Å². The van der Waals surface area contributed by atoms with Gasteiger partial charge in [0.2, 0.25) is 0 Å². The summed E-state index contributed by atoms with van der Waals surface area (Å²) in [6, 6.07) is 40.1. The van der Waals surface area contributed by atoms with E-state index in [0.717, 1.165) is 47.9 Å². The van der Waals surface area contributed by atoms with Crippen molar-refractivity contribution in [2.24, 2.45) is 5.92 Å². The maximum Gasteiger partial charge on any atom is 0.310 e. The van der Waals surface area contributed by atoms with Gasteiger partial charge in [0.05, 0.1) is 52.2 Å². The predicted octanol–water partition coefficient (Wildman–Crippen LogP) is 8.94. The first-order valence-electron chi connectivity index (χ1n) is 19.5. The van der Waals surface area contributed by atoms with E-state index < -0.39 is 36.6 Å². The molecule has 0 radical (unpaired) electrons. The second kappa shape index (κ2) is 22.2. The standard InChI is InChI=1S/C47H54O8/c1-36(46(48)50-29-17-16-20-37-18-14-15-19-37)30-54-47-45(53-34-41-27-12-5-13-28-41)44(52-33-40-25-10-4-11-26-40)43(51-32-39-23-8-3-9-24-39)42(55-47)35-49-31-38-21-6-2-7-22-38/h2-15,18,21-28,36,42-45,47H,16-17,19-20,29-35H2,1H3/t36-,42-,43-,44+,45+,47?/m1/s1. The Morgan fingerprint density at radius 3 is 1.73 bits per heavy atom. The van der Waals surface area contributed by atoms with Gasteiger partial charge >= 0.3 is 5.97 Å². The summed E-state index contributed by atoms with van der Waals surface area (Å²) in [6.07, 6.45) is 6.88. The van der Waals surface area contributed by atoms with Crippen LogP contribution in [0.3, 0.4) is 0 Å². The first kappa shape index (κ1) is 40.3. The van der Waals surface area contributed by atoms with E-state index >= 15 is 0 Å². The van der Waals surface area contributed by atoms with Gasteiger partial charge in [0, 0.05) is 0 Å². The number of hydrogen-bond donors (Lipinski definition) is 0. The second-order valence-corrected chi connectivity index (χ2v) is 14.1. The van der Waals surface area contributed by atoms with E-state index in [4.69, 9.17) is 33.2 Å². The second-order valence-electron chi connectivity index (χ2n) is 14.1. The van der Waals surface area contributed by atoms with Gasteiger partial charge in [0.15, 0.2) is 6.29 Å². The monoisotopic (exact) mass is 746 g/mol. The smallest absolute Gasteiger partial charge is 0.310 e. The third kappa shape index (κ3) is 13.1. The highest BCUT2D eigenvalue weighted by Gasteiger charge is 2.49. The summed E-state index contributed by atoms with van der Waals surface area (Å²) in [7, 11) is 0. The minimum Gasteiger partial charge on any atom is -0.465 e. The number of allylic oxidation sites excluding steroid dienone is 4. The molecular weight excluding hydrogens is 693 g/mol. The average molecular weight is 747 g/mol. The van der Waals surface area contributed by atoms with Crippen LogP contribution in [0.1, 0.15) is 54.9 Å². The minimum absolute atomic E-state index is 0.0752. The van der Waals surface area contributed by atoms with Gasteiger partial charge in [-0.1, -0.05) is 145 Å². The van der Waals surface area contributed by atoms with Gasteiger partial charge in [-0.15, -0.1) is 0 Å². The van der Waals surface area contributed by atoms with Crippen molar-refractivity contribution in [1.82, 2.24) is 0 Å². The van der Waals surface area contributed by atoms with Gasteiger partial charge in [-0.2, -0.15) is 0 Å². The third-order valence-corrected chi connectivity index (χ3v) is 9.74. The molecule has 0 bridgehead atoms. The molecule has 1 unspecified atom stereocenters. The van der Waals surface area contributed by atoms with Crippen molar-refractivity contribution >= 4 is 5.97 Å². The van der Waals surface area contributed by atoms with Crippen molar-refractivity contribution in [3.05, 3.63) is 167 Å². The van der Waals surface area contributed by atoms with E-state index in [-0.39, 0.29) is 19.2 Å². The Balaban J connectivity index is 1.19. The number of benzene rings is 4. The Morgan fingerprint density at radius 2 is 1.18 bits per heavy atom. The van der Waals surface area contributed by atoms with Crippen molar-refractivity contribution in [1.29, 1.82) is 0 Å². The normalized spacial score (nSPS) is 21.3. The van der Waals surface area contributed by atoms with Gasteiger partial charge in [0.25, 0.3) is 0 Å². The molecule has 1 heterocycles. The van der Waals surface area contributed by atoms with E-state index in [1.54, 1.807) is 0 Å². The summed E-state index contributed by atoms with van der Waals surface area (Å²) in [5.41, 5.74) is 5.50. The van der Waals surface area contributed by atoms with Crippen molar-refractivity contribution in [2.45, 2.75) is 89.7 Å². The zero-order valence-corrected chi connectivity index (χ0v) is 31.8. The number of carbonyl (C=O) groups is 1. The fourth-order valence-electron chi connectivity index (χ4n) is 6.63. The predicted molar refractivity (Wildman–Crippen MR) is 212 cm³/mol. The van der Waals surface area contributed by atoms with Gasteiger partial charge < -0.3 is 33.2 Å². The summed E-state index contributed by atoms with van der Waals surface area (Å²) in [4.78, 5) is 13.1. The van der Waals surface area contributed by atoms with Crippen LogP contribution in [-0.4, -0.2) is 56.5 Å². The lowest BCUT2D eigenvalue weighted by Crippen LogP contribution is -2.62. The van der Waals surface area contributed by atoms with Crippen LogP contribution in [0.25, 0.3) is 0 Å². The molecule has 0 amide bonds. The third-order valence-electron chi connectivity index (χ3n) is 9.74. The molecule has 290 valence electrons. The molecule has 1 aliphatic heterocycles. The maximum absolute atomic E-state index is 13.1. The Labute approximate surface area is 326 Å². The van der Waals surface area contributed by atoms with E-state index in [9.17, 15) is 4.79 Å². The average Bonchev–Trinajstić information content (AvgIpc) is 3.76. The molecule has 1 fully saturated rings. The lowest BCUT2D eigenvalue weighted by molar-refractivity contribution is -0.329. The van der Waals surface area contributed by atoms with Gasteiger partial charge in [-0.05, 0) is 54.9 Å². The lowest BCUT2D eigenvalue weighted by atomic mass is 9.97. The topological polar surface area (TPSA) is 81.7 Å². The van der Waals surface area contributed by atoms with Crippen LogP contribution in [0.2, 0.25) is 0 Å². The molecule has 55 heavy (non-hydrogen) atoms. The molecule has 6 atom stereocenters. The molecule has 2 aliphatic rings. The molecule has 4 aromatic carbocycles. The molecular formula is C47H54O8. The van der Waals surface area contributed by atoms with Crippen LogP contribution in [-0.2, 0) is 64.4 Å². The van der Waals surface area contributed by atoms with Crippen molar-refractivity contribution in [3.63, 3.8) is 0 Å². The molecule has 4 aromatic rings. The van der Waals surface area contributed by atoms with E-state index in [0.29, 0.717) is 33.0 Å². The Kier molecular flexibility index (Phi) is 16.3. The van der Waals surface area contributed by atoms with Crippen LogP contribution in [0.4, 0.5) is 0 Å². The highest BCUT2D eigenvalue weighted by molar-refractivity contribution is 5.72. The number of carbonyl (C=O) groups excluding carboxylic acids is 1. The van der Waals surface area contributed by atoms with Crippen LogP contribution in [0, 0.1) is 5.92 Å². The van der Waals surface area contributed by atoms with Gasteiger partial charge in [0.1, 0.15) is 24.4 Å². The van der Waals surface area contributed by atoms with Crippen molar-refractivity contribution in [2.75, 3.05) is 19.8 Å². The van der Waals surface area contributed by atoms with Gasteiger partial charge in [-0.25, -0.2) is 0 Å². The molecule has 0 N–H and O–H groups in total. The summed E-state index contributed by atoms with van der Waals surface area (Å²) in [5, 5.41) is 0. The van der Waals surface area contributed by atoms with E-state index in [1.165, 1.54) is 5.57 Å². The Hall–Kier alpha value is -4.41. The number of ether oxygens (including phenoxy) is 7. The Bertz CT molecular complexity index is 1730.